The van der Waals surface area contributed by atoms with Crippen LogP contribution in [0.5, 0.6) is 5.75 Å². The quantitative estimate of drug-likeness (QED) is 0.799. The van der Waals surface area contributed by atoms with Crippen LogP contribution in [0.4, 0.5) is 5.00 Å². The van der Waals surface area contributed by atoms with Crippen molar-refractivity contribution in [2.75, 3.05) is 5.32 Å². The number of rotatable bonds is 6. The van der Waals surface area contributed by atoms with Gasteiger partial charge in [0.25, 0.3) is 11.8 Å². The number of nitrogens with two attached hydrogens (primary N) is 1. The minimum absolute atomic E-state index is 0.130. The molecule has 3 rings (SSSR count). The van der Waals surface area contributed by atoms with Crippen molar-refractivity contribution in [1.29, 1.82) is 0 Å². The first-order valence-electron chi connectivity index (χ1n) is 9.02. The summed E-state index contributed by atoms with van der Waals surface area (Å²) >= 11 is 1.47. The van der Waals surface area contributed by atoms with Crippen molar-refractivity contribution < 1.29 is 14.3 Å². The van der Waals surface area contributed by atoms with Crippen LogP contribution >= 0.6 is 11.3 Å². The van der Waals surface area contributed by atoms with E-state index in [2.05, 4.69) is 12.2 Å². The van der Waals surface area contributed by atoms with Gasteiger partial charge in [0.05, 0.1) is 11.7 Å². The molecule has 26 heavy (non-hydrogen) atoms. The molecule has 1 aromatic heterocycles. The lowest BCUT2D eigenvalue weighted by molar-refractivity contribution is 0.100. The first-order valence-corrected chi connectivity index (χ1v) is 9.83. The van der Waals surface area contributed by atoms with Crippen LogP contribution < -0.4 is 15.8 Å². The van der Waals surface area contributed by atoms with Crippen LogP contribution in [0.2, 0.25) is 0 Å². The number of benzene rings is 1. The maximum Gasteiger partial charge on any atom is 0.256 e. The summed E-state index contributed by atoms with van der Waals surface area (Å²) in [5.74, 6) is 0.0125. The van der Waals surface area contributed by atoms with Gasteiger partial charge in [-0.15, -0.1) is 11.3 Å². The molecule has 1 aliphatic carbocycles. The van der Waals surface area contributed by atoms with Gasteiger partial charge in [-0.05, 0) is 68.9 Å². The van der Waals surface area contributed by atoms with Crippen molar-refractivity contribution in [2.24, 2.45) is 5.73 Å². The zero-order chi connectivity index (χ0) is 18.7. The van der Waals surface area contributed by atoms with Gasteiger partial charge in [0.15, 0.2) is 0 Å². The second-order valence-corrected chi connectivity index (χ2v) is 7.70. The van der Waals surface area contributed by atoms with Gasteiger partial charge in [0.1, 0.15) is 10.8 Å². The van der Waals surface area contributed by atoms with Gasteiger partial charge in [0, 0.05) is 10.4 Å². The zero-order valence-electron chi connectivity index (χ0n) is 15.1. The Morgan fingerprint density at radius 3 is 2.58 bits per heavy atom. The average molecular weight is 372 g/mol. The molecule has 3 N–H and O–H groups in total. The van der Waals surface area contributed by atoms with Crippen molar-refractivity contribution in [3.8, 4) is 5.75 Å². The van der Waals surface area contributed by atoms with E-state index in [-0.39, 0.29) is 12.0 Å². The molecule has 0 saturated heterocycles. The fourth-order valence-corrected chi connectivity index (χ4v) is 4.38. The maximum absolute atomic E-state index is 12.6. The van der Waals surface area contributed by atoms with Gasteiger partial charge < -0.3 is 15.8 Å². The van der Waals surface area contributed by atoms with Gasteiger partial charge in [-0.1, -0.05) is 6.92 Å². The van der Waals surface area contributed by atoms with Crippen LogP contribution in [0.15, 0.2) is 24.3 Å². The van der Waals surface area contributed by atoms with Crippen molar-refractivity contribution in [3.63, 3.8) is 0 Å². The minimum Gasteiger partial charge on any atom is -0.491 e. The molecule has 138 valence electrons. The van der Waals surface area contributed by atoms with E-state index in [0.717, 1.165) is 48.3 Å². The van der Waals surface area contributed by atoms with Gasteiger partial charge in [-0.3, -0.25) is 9.59 Å². The highest BCUT2D eigenvalue weighted by molar-refractivity contribution is 7.17. The molecular weight excluding hydrogens is 348 g/mol. The SMILES string of the molecule is CCC(C)Oc1ccc(C(=O)Nc2sc3c(c2C(N)=O)CCCC3)cc1. The minimum atomic E-state index is -0.475. The van der Waals surface area contributed by atoms with Gasteiger partial charge in [-0.25, -0.2) is 0 Å². The van der Waals surface area contributed by atoms with Crippen LogP contribution in [0.25, 0.3) is 0 Å². The number of carbonyl (C=O) groups excluding carboxylic acids is 2. The topological polar surface area (TPSA) is 81.4 Å². The Kier molecular flexibility index (Phi) is 5.61. The lowest BCUT2D eigenvalue weighted by atomic mass is 9.95. The Morgan fingerprint density at radius 1 is 1.23 bits per heavy atom. The number of hydrogen-bond acceptors (Lipinski definition) is 4. The fourth-order valence-electron chi connectivity index (χ4n) is 3.09. The normalized spacial score (nSPS) is 14.4. The smallest absolute Gasteiger partial charge is 0.256 e. The summed E-state index contributed by atoms with van der Waals surface area (Å²) in [6.07, 6.45) is 5.00. The summed E-state index contributed by atoms with van der Waals surface area (Å²) in [6.45, 7) is 4.06. The standard InChI is InChI=1S/C20H24N2O3S/c1-3-12(2)25-14-10-8-13(9-11-14)19(24)22-20-17(18(21)23)15-6-4-5-7-16(15)26-20/h8-12H,3-7H2,1-2H3,(H2,21,23)(H,22,24). The van der Waals surface area contributed by atoms with Crippen molar-refractivity contribution in [2.45, 2.75) is 52.1 Å². The second-order valence-electron chi connectivity index (χ2n) is 6.59. The molecule has 0 fully saturated rings. The van der Waals surface area contributed by atoms with E-state index in [0.29, 0.717) is 16.1 Å². The molecule has 2 aromatic rings. The maximum atomic E-state index is 12.6. The summed E-state index contributed by atoms with van der Waals surface area (Å²) in [5, 5.41) is 3.44. The van der Waals surface area contributed by atoms with Gasteiger partial charge >= 0.3 is 0 Å². The molecule has 1 unspecified atom stereocenters. The number of fused-ring (bicyclic) bond motifs is 1. The molecule has 0 radical (unpaired) electrons. The lowest BCUT2D eigenvalue weighted by Crippen LogP contribution is -2.18. The van der Waals surface area contributed by atoms with E-state index < -0.39 is 5.91 Å². The van der Waals surface area contributed by atoms with E-state index in [1.54, 1.807) is 24.3 Å². The Hall–Kier alpha value is -2.34. The largest absolute Gasteiger partial charge is 0.491 e. The first-order chi connectivity index (χ1) is 12.5. The molecule has 5 nitrogen and oxygen atoms in total. The summed E-state index contributed by atoms with van der Waals surface area (Å²) in [5.41, 5.74) is 7.59. The number of ether oxygens (including phenoxy) is 1. The third kappa shape index (κ3) is 3.90. The summed E-state index contributed by atoms with van der Waals surface area (Å²) < 4.78 is 5.73. The number of hydrogen-bond donors (Lipinski definition) is 2. The number of carbonyl (C=O) groups is 2. The van der Waals surface area contributed by atoms with Crippen molar-refractivity contribution >= 4 is 28.2 Å². The lowest BCUT2D eigenvalue weighted by Gasteiger charge is -2.13. The fraction of sp³-hybridized carbons (Fsp3) is 0.400. The molecule has 6 heteroatoms. The monoisotopic (exact) mass is 372 g/mol. The predicted octanol–water partition coefficient (Wildman–Crippen LogP) is 4.16. The van der Waals surface area contributed by atoms with Crippen molar-refractivity contribution in [1.82, 2.24) is 0 Å². The first kappa shape index (κ1) is 18.5. The van der Waals surface area contributed by atoms with Crippen LogP contribution in [0.3, 0.4) is 0 Å². The molecule has 0 aliphatic heterocycles. The molecule has 1 aliphatic rings. The molecule has 0 saturated carbocycles. The molecule has 1 atom stereocenters. The van der Waals surface area contributed by atoms with E-state index in [1.807, 2.05) is 6.92 Å². The highest BCUT2D eigenvalue weighted by Crippen LogP contribution is 2.38. The number of thiophene rings is 1. The van der Waals surface area contributed by atoms with Crippen LogP contribution in [0.1, 0.15) is 64.3 Å². The summed E-state index contributed by atoms with van der Waals surface area (Å²) in [7, 11) is 0. The highest BCUT2D eigenvalue weighted by atomic mass is 32.1. The van der Waals surface area contributed by atoms with Gasteiger partial charge in [0.2, 0.25) is 0 Å². The zero-order valence-corrected chi connectivity index (χ0v) is 15.9. The Labute approximate surface area is 157 Å². The summed E-state index contributed by atoms with van der Waals surface area (Å²) in [4.78, 5) is 25.7. The predicted molar refractivity (Wildman–Crippen MR) is 104 cm³/mol. The van der Waals surface area contributed by atoms with E-state index in [1.165, 1.54) is 11.3 Å². The third-order valence-electron chi connectivity index (χ3n) is 4.67. The highest BCUT2D eigenvalue weighted by Gasteiger charge is 2.25. The summed E-state index contributed by atoms with van der Waals surface area (Å²) in [6, 6.07) is 7.03. The molecule has 2 amide bonds. The molecule has 0 bridgehead atoms. The van der Waals surface area contributed by atoms with Crippen LogP contribution in [-0.4, -0.2) is 17.9 Å². The average Bonchev–Trinajstić information content (AvgIpc) is 3.00. The van der Waals surface area contributed by atoms with E-state index in [9.17, 15) is 9.59 Å². The van der Waals surface area contributed by atoms with Crippen molar-refractivity contribution in [3.05, 3.63) is 45.8 Å². The Balaban J connectivity index is 1.78. The number of aryl methyl sites for hydroxylation is 1. The third-order valence-corrected chi connectivity index (χ3v) is 5.88. The van der Waals surface area contributed by atoms with E-state index in [4.69, 9.17) is 10.5 Å². The Bertz CT molecular complexity index is 811. The number of primary amides is 1. The molecule has 1 heterocycles. The number of amides is 2. The number of nitrogens with one attached hydrogen (secondary N) is 1. The van der Waals surface area contributed by atoms with Crippen LogP contribution in [-0.2, 0) is 12.8 Å². The number of anilines is 1. The molecular formula is C20H24N2O3S. The van der Waals surface area contributed by atoms with Crippen LogP contribution in [0, 0.1) is 0 Å². The molecule has 0 spiro atoms. The van der Waals surface area contributed by atoms with E-state index >= 15 is 0 Å². The second kappa shape index (κ2) is 7.91. The molecule has 1 aromatic carbocycles. The Morgan fingerprint density at radius 2 is 1.92 bits per heavy atom. The van der Waals surface area contributed by atoms with Gasteiger partial charge in [-0.2, -0.15) is 0 Å².